The number of halogens is 4. The van der Waals surface area contributed by atoms with E-state index >= 15 is 0 Å². The minimum Gasteiger partial charge on any atom is -0.211 e. The molecule has 55 heavy (non-hydrogen) atoms. The van der Waals surface area contributed by atoms with Gasteiger partial charge in [-0.15, -0.1) is 0 Å². The van der Waals surface area contributed by atoms with E-state index in [-0.39, 0.29) is 0 Å². The summed E-state index contributed by atoms with van der Waals surface area (Å²) in [6.07, 6.45) is 3.51. The van der Waals surface area contributed by atoms with Gasteiger partial charge in [0.1, 0.15) is 0 Å². The van der Waals surface area contributed by atoms with Crippen molar-refractivity contribution in [2.45, 2.75) is 40.3 Å². The highest BCUT2D eigenvalue weighted by molar-refractivity contribution is 9.10. The third-order valence-corrected chi connectivity index (χ3v) is 7.27. The quantitative estimate of drug-likeness (QED) is 0.124. The molecule has 0 aromatic heterocycles. The van der Waals surface area contributed by atoms with Gasteiger partial charge in [0.25, 0.3) is 0 Å². The summed E-state index contributed by atoms with van der Waals surface area (Å²) in [4.78, 5) is 66.4. The summed E-state index contributed by atoms with van der Waals surface area (Å²) in [5.41, 5.74) is 5.51. The molecular weight excluding hydrogens is 779 g/mol. The van der Waals surface area contributed by atoms with Crippen LogP contribution in [0.1, 0.15) is 34.7 Å². The van der Waals surface area contributed by atoms with Crippen LogP contribution in [0.4, 0.5) is 41.6 Å². The topological polar surface area (TPSA) is 147 Å². The zero-order valence-electron chi connectivity index (χ0n) is 30.0. The maximum absolute atomic E-state index is 12.2. The van der Waals surface area contributed by atoms with E-state index in [0.29, 0.717) is 11.4 Å². The van der Waals surface area contributed by atoms with E-state index in [4.69, 9.17) is 0 Å². The fourth-order valence-corrected chi connectivity index (χ4v) is 4.58. The molecule has 10 nitrogen and oxygen atoms in total. The standard InChI is InChI=1S/2C9H9NO.C8H4F3NO.C8H7NO.C7H4BrNO/c1-7-4-3-5-8(2)9(7)10-6-11;1-2-8-5-3-4-6-9(8)10-7-11;9-8(10,11)6-3-1-2-4-7(6)12-5-13;1-7-4-2-3-5-8(7)9-6-10;8-6-2-1-3-7(4-6)9-5-10/h3-5H,1-2H3;3-6H,2H2,1H3;1-4H;2-5H,1H3;1-4H. The van der Waals surface area contributed by atoms with E-state index in [1.165, 1.54) is 30.4 Å². The molecule has 0 aliphatic rings. The number of hydrogen-bond acceptors (Lipinski definition) is 10. The van der Waals surface area contributed by atoms with E-state index in [2.05, 4.69) is 40.9 Å². The molecule has 0 bridgehead atoms. The van der Waals surface area contributed by atoms with Gasteiger partial charge >= 0.3 is 6.18 Å². The van der Waals surface area contributed by atoms with Crippen LogP contribution >= 0.6 is 15.9 Å². The van der Waals surface area contributed by atoms with Crippen molar-refractivity contribution in [1.29, 1.82) is 0 Å². The Morgan fingerprint density at radius 1 is 0.527 bits per heavy atom. The van der Waals surface area contributed by atoms with Crippen molar-refractivity contribution in [2.24, 2.45) is 25.0 Å². The molecule has 5 rings (SSSR count). The Morgan fingerprint density at radius 2 is 0.982 bits per heavy atom. The molecule has 0 heterocycles. The first-order chi connectivity index (χ1) is 26.4. The lowest BCUT2D eigenvalue weighted by atomic mass is 10.1. The predicted molar refractivity (Wildman–Crippen MR) is 207 cm³/mol. The second kappa shape index (κ2) is 26.1. The minimum absolute atomic E-state index is 0.412. The first kappa shape index (κ1) is 46.3. The van der Waals surface area contributed by atoms with Crippen molar-refractivity contribution in [1.82, 2.24) is 0 Å². The van der Waals surface area contributed by atoms with Gasteiger partial charge in [0.05, 0.1) is 34.0 Å². The molecule has 0 atom stereocenters. The molecule has 0 spiro atoms. The summed E-state index contributed by atoms with van der Waals surface area (Å²) < 4.78 is 37.5. The molecule has 0 saturated carbocycles. The van der Waals surface area contributed by atoms with Crippen molar-refractivity contribution in [3.05, 3.63) is 148 Å². The number of aryl methyl sites for hydroxylation is 4. The summed E-state index contributed by atoms with van der Waals surface area (Å²) in [6.45, 7) is 7.77. The molecule has 0 radical (unpaired) electrons. The second-order valence-electron chi connectivity index (χ2n) is 10.5. The molecule has 0 fully saturated rings. The molecule has 0 aliphatic heterocycles. The summed E-state index contributed by atoms with van der Waals surface area (Å²) in [7, 11) is 0. The fourth-order valence-electron chi connectivity index (χ4n) is 4.19. The highest BCUT2D eigenvalue weighted by Crippen LogP contribution is 2.35. The Morgan fingerprint density at radius 3 is 1.51 bits per heavy atom. The SMILES string of the molecule is CCc1ccccc1N=C=O.Cc1cccc(C)c1N=C=O.Cc1ccccc1N=C=O.O=C=Nc1cccc(Br)c1.O=C=Nc1ccccc1C(F)(F)F. The highest BCUT2D eigenvalue weighted by atomic mass is 79.9. The Kier molecular flexibility index (Phi) is 22.0. The minimum atomic E-state index is -4.49. The van der Waals surface area contributed by atoms with Crippen LogP contribution in [0.2, 0.25) is 0 Å². The average molecular weight is 813 g/mol. The van der Waals surface area contributed by atoms with Gasteiger partial charge in [0, 0.05) is 4.47 Å². The molecule has 0 unspecified atom stereocenters. The van der Waals surface area contributed by atoms with Gasteiger partial charge in [0.15, 0.2) is 0 Å². The Balaban J connectivity index is 0.000000345. The van der Waals surface area contributed by atoms with Crippen LogP contribution in [0.5, 0.6) is 0 Å². The fraction of sp³-hybridized carbons (Fsp3) is 0.146. The number of rotatable bonds is 6. The number of aliphatic imine (C=N–C) groups is 5. The zero-order valence-corrected chi connectivity index (χ0v) is 31.6. The number of hydrogen-bond donors (Lipinski definition) is 0. The normalized spacial score (nSPS) is 9.16. The summed E-state index contributed by atoms with van der Waals surface area (Å²) in [5.74, 6) is 0. The van der Waals surface area contributed by atoms with Crippen molar-refractivity contribution in [3.63, 3.8) is 0 Å². The van der Waals surface area contributed by atoms with Crippen molar-refractivity contribution in [3.8, 4) is 0 Å². The molecule has 0 saturated heterocycles. The van der Waals surface area contributed by atoms with Crippen molar-refractivity contribution in [2.75, 3.05) is 0 Å². The number of carbonyl (C=O) groups excluding carboxylic acids is 5. The number of benzene rings is 5. The van der Waals surface area contributed by atoms with Crippen LogP contribution in [0.3, 0.4) is 0 Å². The third kappa shape index (κ3) is 18.0. The average Bonchev–Trinajstić information content (AvgIpc) is 3.16. The van der Waals surface area contributed by atoms with Gasteiger partial charge < -0.3 is 0 Å². The highest BCUT2D eigenvalue weighted by Gasteiger charge is 2.33. The van der Waals surface area contributed by atoms with Crippen LogP contribution in [-0.2, 0) is 36.6 Å². The Labute approximate surface area is 323 Å². The molecule has 0 aliphatic carbocycles. The van der Waals surface area contributed by atoms with E-state index in [1.807, 2.05) is 94.4 Å². The first-order valence-corrected chi connectivity index (χ1v) is 16.7. The lowest BCUT2D eigenvalue weighted by molar-refractivity contribution is -0.137. The summed E-state index contributed by atoms with van der Waals surface area (Å²) in [6, 6.07) is 32.4. The zero-order chi connectivity index (χ0) is 41.1. The number of isocyanates is 5. The van der Waals surface area contributed by atoms with E-state index in [1.54, 1.807) is 30.3 Å². The van der Waals surface area contributed by atoms with Crippen molar-refractivity contribution < 1.29 is 37.1 Å². The smallest absolute Gasteiger partial charge is 0.211 e. The van der Waals surface area contributed by atoms with E-state index < -0.39 is 17.4 Å². The maximum atomic E-state index is 12.2. The second-order valence-corrected chi connectivity index (χ2v) is 11.4. The lowest BCUT2D eigenvalue weighted by Gasteiger charge is -2.07. The molecule has 0 N–H and O–H groups in total. The molecule has 5 aromatic rings. The van der Waals surface area contributed by atoms with Gasteiger partial charge in [-0.3, -0.25) is 0 Å². The van der Waals surface area contributed by atoms with Crippen molar-refractivity contribution >= 4 is 74.8 Å². The van der Waals surface area contributed by atoms with Crippen LogP contribution in [0.25, 0.3) is 0 Å². The molecule has 0 amide bonds. The monoisotopic (exact) mass is 811 g/mol. The van der Waals surface area contributed by atoms with E-state index in [0.717, 1.165) is 62.7 Å². The number of para-hydroxylation sites is 4. The third-order valence-electron chi connectivity index (χ3n) is 6.78. The summed E-state index contributed by atoms with van der Waals surface area (Å²) in [5, 5.41) is 0. The number of nitrogens with zero attached hydrogens (tertiary/aromatic N) is 5. The summed E-state index contributed by atoms with van der Waals surface area (Å²) >= 11 is 3.24. The Bertz CT molecular complexity index is 2230. The first-order valence-electron chi connectivity index (χ1n) is 15.9. The van der Waals surface area contributed by atoms with Crippen LogP contribution < -0.4 is 0 Å². The largest absolute Gasteiger partial charge is 0.418 e. The molecule has 14 heteroatoms. The lowest BCUT2D eigenvalue weighted by Crippen LogP contribution is -2.04. The van der Waals surface area contributed by atoms with E-state index in [9.17, 15) is 37.1 Å². The molecule has 280 valence electrons. The number of alkyl halides is 3. The maximum Gasteiger partial charge on any atom is 0.418 e. The van der Waals surface area contributed by atoms with Crippen LogP contribution in [0, 0.1) is 20.8 Å². The van der Waals surface area contributed by atoms with Gasteiger partial charge in [-0.1, -0.05) is 95.7 Å². The van der Waals surface area contributed by atoms with Crippen LogP contribution in [0.15, 0.2) is 145 Å². The Hall–Kier alpha value is -6.73. The van der Waals surface area contributed by atoms with Gasteiger partial charge in [0.2, 0.25) is 30.4 Å². The molecule has 5 aromatic carbocycles. The molecular formula is C41H33BrF3N5O5. The van der Waals surface area contributed by atoms with Crippen LogP contribution in [-0.4, -0.2) is 30.4 Å². The predicted octanol–water partition coefficient (Wildman–Crippen LogP) is 11.5. The van der Waals surface area contributed by atoms with Gasteiger partial charge in [-0.05, 0) is 91.9 Å². The van der Waals surface area contributed by atoms with Gasteiger partial charge in [-0.2, -0.15) is 38.1 Å². The van der Waals surface area contributed by atoms with Gasteiger partial charge in [-0.25, -0.2) is 24.0 Å².